The van der Waals surface area contributed by atoms with Crippen LogP contribution in [-0.4, -0.2) is 35.1 Å². The minimum Gasteiger partial charge on any atom is -1.00 e. The quantitative estimate of drug-likeness (QED) is 0.357. The molecule has 0 heterocycles. The maximum Gasteiger partial charge on any atom is 1.00 e. The van der Waals surface area contributed by atoms with Crippen LogP contribution in [0.25, 0.3) is 0 Å². The number of nitrogens with zero attached hydrogens (tertiary/aromatic N) is 1. The molecular weight excluding hydrogens is 115 g/mol. The van der Waals surface area contributed by atoms with Crippen LogP contribution in [0.3, 0.4) is 0 Å². The average Bonchev–Trinajstić information content (AvgIpc) is 1.35. The summed E-state index contributed by atoms with van der Waals surface area (Å²) in [5.41, 5.74) is 0. The molecule has 0 radical (unpaired) electrons. The third-order valence-electron chi connectivity index (χ3n) is 0.548. The molecule has 0 aromatic carbocycles. The third kappa shape index (κ3) is 11.0. The van der Waals surface area contributed by atoms with Gasteiger partial charge < -0.3 is 11.0 Å². The van der Waals surface area contributed by atoms with E-state index in [0.717, 1.165) is 4.15 Å². The molecule has 40 valence electrons. The van der Waals surface area contributed by atoms with Gasteiger partial charge in [-0.1, -0.05) is 0 Å². The van der Waals surface area contributed by atoms with Crippen LogP contribution in [0.1, 0.15) is 1.43 Å². The number of nitrogens with two attached hydrogens (primary N) is 1. The van der Waals surface area contributed by atoms with Gasteiger partial charge in [0.05, 0.1) is 21.1 Å². The summed E-state index contributed by atoms with van der Waals surface area (Å²) < 4.78 is 0.986. The monoisotopic (exact) mass is 129 g/mol. The molecule has 0 aliphatic heterocycles. The van der Waals surface area contributed by atoms with Gasteiger partial charge in [0, 0.05) is 0 Å². The van der Waals surface area contributed by atoms with E-state index in [1.165, 1.54) is 0 Å². The van der Waals surface area contributed by atoms with Gasteiger partial charge in [0.2, 0.25) is 0 Å². The number of rotatable bonds is 1. The minimum absolute atomic E-state index is 0. The Hall–Kier alpha value is 1.14. The largest absolute Gasteiger partial charge is 1.00 e. The van der Waals surface area contributed by atoms with E-state index in [1.54, 1.807) is 0 Å². The zero-order valence-corrected chi connectivity index (χ0v) is 9.15. The first-order chi connectivity index (χ1) is 2.56. The van der Waals surface area contributed by atoms with E-state index < -0.39 is 0 Å². The number of hydrogen-bond donors (Lipinski definition) is 1. The Morgan fingerprint density at radius 2 is 1.57 bits per heavy atom. The van der Waals surface area contributed by atoms with Crippen molar-refractivity contribution in [3.63, 3.8) is 0 Å². The zero-order chi connectivity index (χ0) is 5.21. The van der Waals surface area contributed by atoms with Crippen molar-refractivity contribution in [1.29, 1.82) is 0 Å². The molecule has 0 aliphatic carbocycles. The Bertz CT molecular complexity index is 47.0. The normalized spacial score (nSPS) is 12.0. The molecule has 0 spiro atoms. The Labute approximate surface area is 71.4 Å². The van der Waals surface area contributed by atoms with Crippen LogP contribution in [0.4, 0.5) is 0 Å². The second-order valence-electron chi connectivity index (χ2n) is 2.47. The van der Waals surface area contributed by atoms with Gasteiger partial charge in [-0.05, 0) is 0 Å². The SMILES string of the molecule is C[N+](C)(C)[SiH2]N.[H-].[Na+]. The third-order valence-corrected chi connectivity index (χ3v) is 1.64. The molecular formula is C3H14N2NaSi+. The topological polar surface area (TPSA) is 26.0 Å². The fourth-order valence-electron chi connectivity index (χ4n) is 0. The van der Waals surface area contributed by atoms with Crippen LogP contribution in [-0.2, 0) is 0 Å². The van der Waals surface area contributed by atoms with E-state index in [9.17, 15) is 0 Å². The standard InChI is InChI=1S/C3H13N2Si.Na.H/c1-5(2,3)6-4;;/h4,6H2,1-3H3;;/q2*+1;-1. The van der Waals surface area contributed by atoms with Crippen LogP contribution in [0.5, 0.6) is 0 Å². The summed E-state index contributed by atoms with van der Waals surface area (Å²) in [5, 5.41) is 5.42. The summed E-state index contributed by atoms with van der Waals surface area (Å²) in [6.07, 6.45) is 0. The molecule has 0 aromatic heterocycles. The molecule has 0 rings (SSSR count). The summed E-state index contributed by atoms with van der Waals surface area (Å²) >= 11 is 0. The van der Waals surface area contributed by atoms with Crippen molar-refractivity contribution in [3.05, 3.63) is 0 Å². The average molecular weight is 129 g/mol. The van der Waals surface area contributed by atoms with Crippen molar-refractivity contribution in [2.24, 2.45) is 5.40 Å². The van der Waals surface area contributed by atoms with Gasteiger partial charge in [-0.2, -0.15) is 0 Å². The van der Waals surface area contributed by atoms with E-state index in [-0.39, 0.29) is 40.8 Å². The molecule has 0 fully saturated rings. The second kappa shape index (κ2) is 4.06. The van der Waals surface area contributed by atoms with Gasteiger partial charge in [-0.3, -0.25) is 0 Å². The molecule has 0 amide bonds. The van der Waals surface area contributed by atoms with Gasteiger partial charge in [0.25, 0.3) is 0 Å². The molecule has 4 heteroatoms. The van der Waals surface area contributed by atoms with E-state index in [0.29, 0.717) is 0 Å². The van der Waals surface area contributed by atoms with Crippen molar-refractivity contribution < 1.29 is 35.1 Å². The van der Waals surface area contributed by atoms with Crippen LogP contribution in [0, 0.1) is 0 Å². The van der Waals surface area contributed by atoms with Crippen molar-refractivity contribution in [2.75, 3.05) is 21.1 Å². The fraction of sp³-hybridized carbons (Fsp3) is 1.00. The van der Waals surface area contributed by atoms with E-state index in [4.69, 9.17) is 5.40 Å². The fourth-order valence-corrected chi connectivity index (χ4v) is 0. The Kier molecular flexibility index (Phi) is 6.38. The molecule has 2 N–H and O–H groups in total. The minimum atomic E-state index is -0.310. The van der Waals surface area contributed by atoms with Crippen LogP contribution >= 0.6 is 0 Å². The first-order valence-electron chi connectivity index (χ1n) is 2.07. The summed E-state index contributed by atoms with van der Waals surface area (Å²) in [5.74, 6) is 0. The van der Waals surface area contributed by atoms with Gasteiger partial charge in [0.1, 0.15) is 0 Å². The van der Waals surface area contributed by atoms with Crippen molar-refractivity contribution in [3.8, 4) is 0 Å². The summed E-state index contributed by atoms with van der Waals surface area (Å²) in [6.45, 7) is 0. The van der Waals surface area contributed by atoms with Gasteiger partial charge in [0.15, 0.2) is 0 Å². The summed E-state index contributed by atoms with van der Waals surface area (Å²) in [7, 11) is 6.04. The summed E-state index contributed by atoms with van der Waals surface area (Å²) in [6, 6.07) is 0. The van der Waals surface area contributed by atoms with Crippen molar-refractivity contribution in [1.82, 2.24) is 0 Å². The molecule has 2 nitrogen and oxygen atoms in total. The molecule has 7 heavy (non-hydrogen) atoms. The van der Waals surface area contributed by atoms with Gasteiger partial charge in [-0.15, -0.1) is 0 Å². The molecule has 0 bridgehead atoms. The zero-order valence-electron chi connectivity index (χ0n) is 6.73. The first-order valence-corrected chi connectivity index (χ1v) is 3.52. The van der Waals surface area contributed by atoms with Crippen LogP contribution in [0.2, 0.25) is 0 Å². The molecule has 0 saturated heterocycles. The van der Waals surface area contributed by atoms with Gasteiger partial charge >= 0.3 is 39.4 Å². The van der Waals surface area contributed by atoms with E-state index >= 15 is 0 Å². The Balaban J connectivity index is -0.000000125. The van der Waals surface area contributed by atoms with E-state index in [2.05, 4.69) is 21.1 Å². The molecule has 0 aromatic rings. The van der Waals surface area contributed by atoms with Crippen LogP contribution < -0.4 is 35.0 Å². The Morgan fingerprint density at radius 3 is 1.57 bits per heavy atom. The van der Waals surface area contributed by atoms with E-state index in [1.807, 2.05) is 0 Å². The molecule has 0 saturated carbocycles. The summed E-state index contributed by atoms with van der Waals surface area (Å²) in [4.78, 5) is 0. The maximum absolute atomic E-state index is 5.42. The molecule has 0 atom stereocenters. The van der Waals surface area contributed by atoms with Crippen molar-refractivity contribution in [2.45, 2.75) is 0 Å². The predicted octanol–water partition coefficient (Wildman–Crippen LogP) is -4.23. The maximum atomic E-state index is 5.42. The van der Waals surface area contributed by atoms with Gasteiger partial charge in [-0.25, -0.2) is 0 Å². The number of quaternary nitrogens is 1. The van der Waals surface area contributed by atoms with Crippen molar-refractivity contribution >= 4 is 9.84 Å². The molecule has 0 aliphatic rings. The number of hydrogen-bond acceptors (Lipinski definition) is 1. The smallest absolute Gasteiger partial charge is 1.00 e. The molecule has 0 unspecified atom stereocenters. The van der Waals surface area contributed by atoms with Crippen LogP contribution in [0.15, 0.2) is 0 Å². The first kappa shape index (κ1) is 11.0. The second-order valence-corrected chi connectivity index (χ2v) is 4.74. The predicted molar refractivity (Wildman–Crippen MR) is 31.9 cm³/mol. The Morgan fingerprint density at radius 1 is 1.43 bits per heavy atom.